The van der Waals surface area contributed by atoms with Crippen molar-refractivity contribution >= 4 is 11.6 Å². The van der Waals surface area contributed by atoms with Gasteiger partial charge in [0, 0.05) is 23.7 Å². The lowest BCUT2D eigenvalue weighted by Gasteiger charge is -2.18. The van der Waals surface area contributed by atoms with Gasteiger partial charge in [-0.2, -0.15) is 0 Å². The third-order valence-corrected chi connectivity index (χ3v) is 2.43. The van der Waals surface area contributed by atoms with Crippen LogP contribution in [0.3, 0.4) is 0 Å². The van der Waals surface area contributed by atoms with E-state index in [1.807, 2.05) is 0 Å². The molecule has 0 saturated heterocycles. The van der Waals surface area contributed by atoms with Gasteiger partial charge in [-0.25, -0.2) is 0 Å². The molecule has 0 aromatic heterocycles. The summed E-state index contributed by atoms with van der Waals surface area (Å²) < 4.78 is 0. The second-order valence-corrected chi connectivity index (χ2v) is 4.70. The molecule has 0 fully saturated rings. The van der Waals surface area contributed by atoms with Crippen molar-refractivity contribution < 1.29 is 14.8 Å². The predicted octanol–water partition coefficient (Wildman–Crippen LogP) is 1.40. The Morgan fingerprint density at radius 1 is 1.50 bits per heavy atom. The molecule has 0 aliphatic heterocycles. The zero-order valence-electron chi connectivity index (χ0n) is 10.6. The van der Waals surface area contributed by atoms with Crippen molar-refractivity contribution in [2.75, 3.05) is 6.54 Å². The van der Waals surface area contributed by atoms with Gasteiger partial charge in [-0.3, -0.25) is 14.9 Å². The summed E-state index contributed by atoms with van der Waals surface area (Å²) in [6.07, 6.45) is 0. The van der Waals surface area contributed by atoms with Gasteiger partial charge in [-0.05, 0) is 26.8 Å². The van der Waals surface area contributed by atoms with Crippen LogP contribution in [0.4, 0.5) is 5.69 Å². The van der Waals surface area contributed by atoms with E-state index in [-0.39, 0.29) is 17.8 Å². The molecule has 0 atom stereocenters. The number of hydrogen-bond acceptors (Lipinski definition) is 4. The number of rotatable bonds is 4. The van der Waals surface area contributed by atoms with Gasteiger partial charge in [0.1, 0.15) is 0 Å². The van der Waals surface area contributed by atoms with Gasteiger partial charge in [0.2, 0.25) is 0 Å². The van der Waals surface area contributed by atoms with Gasteiger partial charge < -0.3 is 10.4 Å². The molecule has 1 aromatic carbocycles. The Hall–Kier alpha value is -1.95. The zero-order valence-corrected chi connectivity index (χ0v) is 10.6. The van der Waals surface area contributed by atoms with Crippen LogP contribution in [0.1, 0.15) is 29.8 Å². The number of nitrogens with zero attached hydrogens (tertiary/aromatic N) is 1. The zero-order chi connectivity index (χ0) is 13.9. The topological polar surface area (TPSA) is 92.5 Å². The van der Waals surface area contributed by atoms with E-state index in [1.165, 1.54) is 25.1 Å². The number of benzene rings is 1. The molecule has 0 radical (unpaired) electrons. The summed E-state index contributed by atoms with van der Waals surface area (Å²) in [6, 6.07) is 4.33. The van der Waals surface area contributed by atoms with Crippen LogP contribution in [0, 0.1) is 17.0 Å². The molecule has 0 unspecified atom stereocenters. The minimum absolute atomic E-state index is 0.0773. The lowest BCUT2D eigenvalue weighted by atomic mass is 10.1. The highest BCUT2D eigenvalue weighted by Crippen LogP contribution is 2.20. The molecule has 2 N–H and O–H groups in total. The Balaban J connectivity index is 2.93. The standard InChI is InChI=1S/C12H16N2O4/c1-8-9(5-4-6-10(8)14(17)18)11(15)13-7-12(2,3)16/h4-6,16H,7H2,1-3H3,(H,13,15). The third kappa shape index (κ3) is 3.53. The van der Waals surface area contributed by atoms with Gasteiger partial charge in [0.15, 0.2) is 0 Å². The Morgan fingerprint density at radius 3 is 2.61 bits per heavy atom. The van der Waals surface area contributed by atoms with Crippen molar-refractivity contribution in [2.24, 2.45) is 0 Å². The second-order valence-electron chi connectivity index (χ2n) is 4.70. The van der Waals surface area contributed by atoms with Crippen LogP contribution >= 0.6 is 0 Å². The van der Waals surface area contributed by atoms with Crippen LogP contribution in [0.2, 0.25) is 0 Å². The van der Waals surface area contributed by atoms with Crippen molar-refractivity contribution in [3.8, 4) is 0 Å². The molecule has 18 heavy (non-hydrogen) atoms. The van der Waals surface area contributed by atoms with E-state index < -0.39 is 16.4 Å². The SMILES string of the molecule is Cc1c(C(=O)NCC(C)(C)O)cccc1[N+](=O)[O-]. The second kappa shape index (κ2) is 5.14. The van der Waals surface area contributed by atoms with Crippen LogP contribution in [0.25, 0.3) is 0 Å². The fourth-order valence-corrected chi connectivity index (χ4v) is 1.46. The first kappa shape index (κ1) is 14.1. The predicted molar refractivity (Wildman–Crippen MR) is 66.5 cm³/mol. The summed E-state index contributed by atoms with van der Waals surface area (Å²) >= 11 is 0. The maximum atomic E-state index is 11.8. The van der Waals surface area contributed by atoms with E-state index >= 15 is 0 Å². The first-order valence-electron chi connectivity index (χ1n) is 5.47. The van der Waals surface area contributed by atoms with E-state index in [0.717, 1.165) is 0 Å². The quantitative estimate of drug-likeness (QED) is 0.625. The molecule has 98 valence electrons. The third-order valence-electron chi connectivity index (χ3n) is 2.43. The van der Waals surface area contributed by atoms with Gasteiger partial charge in [0.05, 0.1) is 10.5 Å². The first-order chi connectivity index (χ1) is 8.22. The molecule has 0 spiro atoms. The molecule has 0 bridgehead atoms. The Labute approximate surface area is 105 Å². The van der Waals surface area contributed by atoms with Crippen molar-refractivity contribution in [3.63, 3.8) is 0 Å². The van der Waals surface area contributed by atoms with E-state index in [2.05, 4.69) is 5.32 Å². The lowest BCUT2D eigenvalue weighted by molar-refractivity contribution is -0.385. The highest BCUT2D eigenvalue weighted by atomic mass is 16.6. The number of nitro benzene ring substituents is 1. The van der Waals surface area contributed by atoms with Crippen molar-refractivity contribution in [1.82, 2.24) is 5.32 Å². The summed E-state index contributed by atoms with van der Waals surface area (Å²) in [4.78, 5) is 22.1. The highest BCUT2D eigenvalue weighted by molar-refractivity contribution is 5.96. The maximum absolute atomic E-state index is 11.8. The number of amides is 1. The summed E-state index contributed by atoms with van der Waals surface area (Å²) in [6.45, 7) is 4.73. The molecule has 6 nitrogen and oxygen atoms in total. The number of aliphatic hydroxyl groups is 1. The number of hydrogen-bond donors (Lipinski definition) is 2. The largest absolute Gasteiger partial charge is 0.389 e. The molecule has 1 aromatic rings. The smallest absolute Gasteiger partial charge is 0.273 e. The number of carbonyl (C=O) groups is 1. The minimum atomic E-state index is -1.02. The molecular formula is C12H16N2O4. The average molecular weight is 252 g/mol. The van der Waals surface area contributed by atoms with Crippen LogP contribution in [0.5, 0.6) is 0 Å². The molecule has 0 aliphatic rings. The summed E-state index contributed by atoms with van der Waals surface area (Å²) in [7, 11) is 0. The molecule has 6 heteroatoms. The van der Waals surface area contributed by atoms with E-state index in [4.69, 9.17) is 0 Å². The van der Waals surface area contributed by atoms with Gasteiger partial charge >= 0.3 is 0 Å². The summed E-state index contributed by atoms with van der Waals surface area (Å²) in [5.41, 5.74) is -0.556. The molecule has 1 rings (SSSR count). The van der Waals surface area contributed by atoms with Gasteiger partial charge in [-0.15, -0.1) is 0 Å². The maximum Gasteiger partial charge on any atom is 0.273 e. The van der Waals surface area contributed by atoms with Crippen molar-refractivity contribution in [1.29, 1.82) is 0 Å². The normalized spacial score (nSPS) is 11.1. The lowest BCUT2D eigenvalue weighted by Crippen LogP contribution is -2.38. The summed E-state index contributed by atoms with van der Waals surface area (Å²) in [5, 5.41) is 22.8. The van der Waals surface area contributed by atoms with E-state index in [0.29, 0.717) is 5.56 Å². The number of nitro groups is 1. The number of nitrogens with one attached hydrogen (secondary N) is 1. The van der Waals surface area contributed by atoms with E-state index in [1.54, 1.807) is 13.8 Å². The number of carbonyl (C=O) groups excluding carboxylic acids is 1. The Bertz CT molecular complexity index is 477. The highest BCUT2D eigenvalue weighted by Gasteiger charge is 2.19. The molecule has 0 heterocycles. The first-order valence-corrected chi connectivity index (χ1v) is 5.47. The van der Waals surface area contributed by atoms with Crippen LogP contribution in [-0.4, -0.2) is 28.1 Å². The van der Waals surface area contributed by atoms with Gasteiger partial charge in [-0.1, -0.05) is 6.07 Å². The Kier molecular flexibility index (Phi) is 4.03. The van der Waals surface area contributed by atoms with Crippen LogP contribution in [-0.2, 0) is 0 Å². The Morgan fingerprint density at radius 2 is 2.11 bits per heavy atom. The van der Waals surface area contributed by atoms with Crippen LogP contribution < -0.4 is 5.32 Å². The van der Waals surface area contributed by atoms with Crippen LogP contribution in [0.15, 0.2) is 18.2 Å². The molecule has 1 amide bonds. The monoisotopic (exact) mass is 252 g/mol. The molecule has 0 aliphatic carbocycles. The average Bonchev–Trinajstić information content (AvgIpc) is 2.24. The molecular weight excluding hydrogens is 236 g/mol. The van der Waals surface area contributed by atoms with Crippen molar-refractivity contribution in [3.05, 3.63) is 39.4 Å². The van der Waals surface area contributed by atoms with Crippen molar-refractivity contribution in [2.45, 2.75) is 26.4 Å². The van der Waals surface area contributed by atoms with E-state index in [9.17, 15) is 20.0 Å². The van der Waals surface area contributed by atoms with Gasteiger partial charge in [0.25, 0.3) is 11.6 Å². The summed E-state index contributed by atoms with van der Waals surface area (Å²) in [5.74, 6) is -0.432. The minimum Gasteiger partial charge on any atom is -0.389 e. The fourth-order valence-electron chi connectivity index (χ4n) is 1.46. The molecule has 0 saturated carbocycles. The fraction of sp³-hybridized carbons (Fsp3) is 0.417.